The topological polar surface area (TPSA) is 38.3 Å². The van der Waals surface area contributed by atoms with Gasteiger partial charge in [0.05, 0.1) is 0 Å². The molecule has 1 atom stereocenters. The van der Waals surface area contributed by atoms with Crippen LogP contribution in [0.5, 0.6) is 0 Å². The summed E-state index contributed by atoms with van der Waals surface area (Å²) in [5, 5.41) is 2.40. The molecule has 1 saturated carbocycles. The van der Waals surface area contributed by atoms with Crippen LogP contribution in [0.4, 0.5) is 22.0 Å². The highest BCUT2D eigenvalue weighted by molar-refractivity contribution is 5.75. The fourth-order valence-corrected chi connectivity index (χ4v) is 2.10. The van der Waals surface area contributed by atoms with Gasteiger partial charge in [-0.15, -0.1) is 0 Å². The standard InChI is InChI=1S/C8H8F5NO2/c9-7(10)1-6(2-7)3-14-4(6)16-5(15)8(11,12)13/h4,14H,1-3H2. The van der Waals surface area contributed by atoms with E-state index in [-0.39, 0.29) is 6.54 Å². The van der Waals surface area contributed by atoms with Crippen molar-refractivity contribution >= 4 is 5.97 Å². The molecule has 2 aliphatic rings. The molecule has 1 aliphatic carbocycles. The summed E-state index contributed by atoms with van der Waals surface area (Å²) in [6, 6.07) is 0. The summed E-state index contributed by atoms with van der Waals surface area (Å²) in [4.78, 5) is 10.5. The number of esters is 1. The van der Waals surface area contributed by atoms with Gasteiger partial charge in [-0.2, -0.15) is 13.2 Å². The van der Waals surface area contributed by atoms with Crippen molar-refractivity contribution in [1.82, 2.24) is 5.32 Å². The van der Waals surface area contributed by atoms with Gasteiger partial charge in [0.2, 0.25) is 5.92 Å². The SMILES string of the molecule is O=C(OC1NCC12CC(F)(F)C2)C(F)(F)F. The third kappa shape index (κ3) is 1.74. The van der Waals surface area contributed by atoms with Gasteiger partial charge in [-0.25, -0.2) is 13.6 Å². The number of carbonyl (C=O) groups is 1. The third-order valence-electron chi connectivity index (χ3n) is 2.87. The van der Waals surface area contributed by atoms with Gasteiger partial charge in [-0.3, -0.25) is 5.32 Å². The van der Waals surface area contributed by atoms with E-state index in [0.29, 0.717) is 0 Å². The number of halogens is 5. The molecule has 8 heteroatoms. The van der Waals surface area contributed by atoms with Crippen LogP contribution in [0.25, 0.3) is 0 Å². The van der Waals surface area contributed by atoms with Crippen molar-refractivity contribution < 1.29 is 31.5 Å². The molecule has 0 aromatic rings. The van der Waals surface area contributed by atoms with Crippen LogP contribution in [0.1, 0.15) is 12.8 Å². The first-order valence-corrected chi connectivity index (χ1v) is 4.54. The van der Waals surface area contributed by atoms with Crippen LogP contribution in [-0.4, -0.2) is 30.8 Å². The van der Waals surface area contributed by atoms with E-state index >= 15 is 0 Å². The summed E-state index contributed by atoms with van der Waals surface area (Å²) in [5.74, 6) is -5.20. The maximum absolute atomic E-state index is 12.6. The Hall–Kier alpha value is -0.920. The molecular formula is C8H8F5NO2. The lowest BCUT2D eigenvalue weighted by atomic mass is 9.60. The van der Waals surface area contributed by atoms with E-state index in [4.69, 9.17) is 0 Å². The summed E-state index contributed by atoms with van der Waals surface area (Å²) >= 11 is 0. The van der Waals surface area contributed by atoms with Gasteiger partial charge in [-0.05, 0) is 0 Å². The molecule has 3 nitrogen and oxygen atoms in total. The number of nitrogens with one attached hydrogen (secondary N) is 1. The summed E-state index contributed by atoms with van der Waals surface area (Å²) in [6.07, 6.45) is -7.42. The van der Waals surface area contributed by atoms with Crippen LogP contribution < -0.4 is 5.32 Å². The van der Waals surface area contributed by atoms with Crippen molar-refractivity contribution in [2.45, 2.75) is 31.2 Å². The Morgan fingerprint density at radius 3 is 2.19 bits per heavy atom. The molecule has 16 heavy (non-hydrogen) atoms. The van der Waals surface area contributed by atoms with Crippen molar-refractivity contribution in [1.29, 1.82) is 0 Å². The van der Waals surface area contributed by atoms with Crippen LogP contribution in [-0.2, 0) is 9.53 Å². The molecule has 92 valence electrons. The summed E-state index contributed by atoms with van der Waals surface area (Å²) in [5.41, 5.74) is -1.01. The first-order valence-electron chi connectivity index (χ1n) is 4.54. The number of hydrogen-bond acceptors (Lipinski definition) is 3. The van der Waals surface area contributed by atoms with Crippen molar-refractivity contribution in [3.8, 4) is 0 Å². The molecule has 1 aliphatic heterocycles. The normalized spacial score (nSPS) is 30.4. The average Bonchev–Trinajstić information content (AvgIpc) is 2.05. The second-order valence-electron chi connectivity index (χ2n) is 4.24. The predicted molar refractivity (Wildman–Crippen MR) is 40.6 cm³/mol. The van der Waals surface area contributed by atoms with E-state index in [1.165, 1.54) is 0 Å². The Labute approximate surface area is 86.9 Å². The fraction of sp³-hybridized carbons (Fsp3) is 0.875. The lowest BCUT2D eigenvalue weighted by Gasteiger charge is -2.57. The zero-order valence-corrected chi connectivity index (χ0v) is 7.90. The molecule has 2 rings (SSSR count). The number of hydrogen-bond donors (Lipinski definition) is 1. The zero-order chi connectivity index (χ0) is 12.2. The number of alkyl halides is 5. The Balaban J connectivity index is 1.92. The molecule has 1 saturated heterocycles. The molecular weight excluding hydrogens is 237 g/mol. The molecule has 0 bridgehead atoms. The van der Waals surface area contributed by atoms with E-state index in [0.717, 1.165) is 0 Å². The minimum absolute atomic E-state index is 0.151. The molecule has 1 heterocycles. The molecule has 1 spiro atoms. The van der Waals surface area contributed by atoms with Gasteiger partial charge in [0, 0.05) is 24.8 Å². The van der Waals surface area contributed by atoms with Gasteiger partial charge in [-0.1, -0.05) is 0 Å². The van der Waals surface area contributed by atoms with Gasteiger partial charge in [0.15, 0.2) is 6.23 Å². The zero-order valence-electron chi connectivity index (χ0n) is 7.90. The minimum atomic E-state index is -5.09. The predicted octanol–water partition coefficient (Wildman–Crippen LogP) is 1.44. The quantitative estimate of drug-likeness (QED) is 0.561. The third-order valence-corrected chi connectivity index (χ3v) is 2.87. The summed E-state index contributed by atoms with van der Waals surface area (Å²) in [6.45, 7) is 0.151. The number of ether oxygens (including phenoxy) is 1. The van der Waals surface area contributed by atoms with Crippen molar-refractivity contribution in [2.75, 3.05) is 6.54 Å². The first kappa shape index (κ1) is 11.6. The van der Waals surface area contributed by atoms with Gasteiger partial charge in [0.25, 0.3) is 0 Å². The fourth-order valence-electron chi connectivity index (χ4n) is 2.10. The lowest BCUT2D eigenvalue weighted by molar-refractivity contribution is -0.265. The van der Waals surface area contributed by atoms with E-state index in [2.05, 4.69) is 10.1 Å². The highest BCUT2D eigenvalue weighted by Crippen LogP contribution is 2.57. The van der Waals surface area contributed by atoms with Crippen molar-refractivity contribution in [3.63, 3.8) is 0 Å². The number of rotatable bonds is 1. The Morgan fingerprint density at radius 2 is 1.88 bits per heavy atom. The van der Waals surface area contributed by atoms with Crippen LogP contribution >= 0.6 is 0 Å². The van der Waals surface area contributed by atoms with Gasteiger partial charge in [0.1, 0.15) is 0 Å². The minimum Gasteiger partial charge on any atom is -0.439 e. The molecule has 1 unspecified atom stereocenters. The Kier molecular flexibility index (Phi) is 2.21. The van der Waals surface area contributed by atoms with Crippen LogP contribution in [0, 0.1) is 5.41 Å². The molecule has 2 fully saturated rings. The molecule has 0 amide bonds. The maximum Gasteiger partial charge on any atom is 0.490 e. The smallest absolute Gasteiger partial charge is 0.439 e. The van der Waals surface area contributed by atoms with Gasteiger partial charge < -0.3 is 4.74 Å². The summed E-state index contributed by atoms with van der Waals surface area (Å²) in [7, 11) is 0. The molecule has 0 aromatic heterocycles. The van der Waals surface area contributed by atoms with Gasteiger partial charge >= 0.3 is 12.1 Å². The van der Waals surface area contributed by atoms with Crippen LogP contribution in [0.2, 0.25) is 0 Å². The molecule has 1 N–H and O–H groups in total. The average molecular weight is 245 g/mol. The Morgan fingerprint density at radius 1 is 1.31 bits per heavy atom. The largest absolute Gasteiger partial charge is 0.490 e. The van der Waals surface area contributed by atoms with E-state index < -0.39 is 42.6 Å². The van der Waals surface area contributed by atoms with Crippen LogP contribution in [0.15, 0.2) is 0 Å². The van der Waals surface area contributed by atoms with E-state index in [1.54, 1.807) is 0 Å². The highest BCUT2D eigenvalue weighted by atomic mass is 19.4. The Bertz CT molecular complexity index is 319. The summed E-state index contributed by atoms with van der Waals surface area (Å²) < 4.78 is 64.8. The van der Waals surface area contributed by atoms with E-state index in [1.807, 2.05) is 0 Å². The maximum atomic E-state index is 12.6. The van der Waals surface area contributed by atoms with Crippen molar-refractivity contribution in [2.24, 2.45) is 5.41 Å². The highest BCUT2D eigenvalue weighted by Gasteiger charge is 2.66. The monoisotopic (exact) mass is 245 g/mol. The second kappa shape index (κ2) is 3.06. The lowest BCUT2D eigenvalue weighted by Crippen LogP contribution is -2.72. The first-order chi connectivity index (χ1) is 7.15. The molecule has 0 radical (unpaired) electrons. The second-order valence-corrected chi connectivity index (χ2v) is 4.24. The van der Waals surface area contributed by atoms with Crippen molar-refractivity contribution in [3.05, 3.63) is 0 Å². The van der Waals surface area contributed by atoms with E-state index in [9.17, 15) is 26.7 Å². The number of carbonyl (C=O) groups excluding carboxylic acids is 1. The molecule has 0 aromatic carbocycles. The van der Waals surface area contributed by atoms with Crippen LogP contribution in [0.3, 0.4) is 0 Å².